The van der Waals surface area contributed by atoms with E-state index in [0.29, 0.717) is 24.0 Å². The lowest BCUT2D eigenvalue weighted by Gasteiger charge is -2.17. The topological polar surface area (TPSA) is 18.5 Å². The molecule has 112 valence electrons. The zero-order valence-electron chi connectivity index (χ0n) is 12.1. The number of benzene rings is 2. The Morgan fingerprint density at radius 2 is 1.57 bits per heavy atom. The zero-order chi connectivity index (χ0) is 15.2. The molecule has 0 saturated heterocycles. The summed E-state index contributed by atoms with van der Waals surface area (Å²) < 4.78 is 11.3. The summed E-state index contributed by atoms with van der Waals surface area (Å²) in [6.45, 7) is 5.05. The normalized spacial score (nSPS) is 12.0. The molecule has 0 aliphatic rings. The molecule has 0 amide bonds. The molecule has 1 atom stereocenters. The van der Waals surface area contributed by atoms with Crippen molar-refractivity contribution in [3.63, 3.8) is 0 Å². The van der Waals surface area contributed by atoms with E-state index >= 15 is 0 Å². The molecule has 0 N–H and O–H groups in total. The molecule has 2 aromatic rings. The van der Waals surface area contributed by atoms with Crippen molar-refractivity contribution in [1.82, 2.24) is 0 Å². The van der Waals surface area contributed by atoms with Gasteiger partial charge in [0, 0.05) is 11.1 Å². The third-order valence-corrected chi connectivity index (χ3v) is 4.38. The van der Waals surface area contributed by atoms with E-state index < -0.39 is 0 Å². The molecule has 0 bridgehead atoms. The summed E-state index contributed by atoms with van der Waals surface area (Å²) in [7, 11) is 0. The Morgan fingerprint density at radius 3 is 2.14 bits per heavy atom. The quantitative estimate of drug-likeness (QED) is 0.615. The van der Waals surface area contributed by atoms with E-state index in [0.717, 1.165) is 16.9 Å². The number of hydrogen-bond donors (Lipinski definition) is 0. The van der Waals surface area contributed by atoms with Crippen LogP contribution in [0.5, 0.6) is 11.5 Å². The van der Waals surface area contributed by atoms with Crippen LogP contribution in [0.4, 0.5) is 0 Å². The molecule has 0 saturated carbocycles. The van der Waals surface area contributed by atoms with Crippen LogP contribution < -0.4 is 9.47 Å². The number of alkyl halides is 1. The first-order chi connectivity index (χ1) is 10.2. The number of hydrogen-bond acceptors (Lipinski definition) is 2. The largest absolute Gasteiger partial charge is 0.490 e. The van der Waals surface area contributed by atoms with Crippen molar-refractivity contribution >= 4 is 27.5 Å². The maximum absolute atomic E-state index is 6.42. The fourth-order valence-electron chi connectivity index (χ4n) is 2.08. The highest BCUT2D eigenvalue weighted by atomic mass is 79.9. The lowest BCUT2D eigenvalue weighted by atomic mass is 10.0. The fraction of sp³-hybridized carbons (Fsp3) is 0.294. The van der Waals surface area contributed by atoms with Crippen LogP contribution in [0.2, 0.25) is 5.02 Å². The summed E-state index contributed by atoms with van der Waals surface area (Å²) in [4.78, 5) is 0.0149. The van der Waals surface area contributed by atoms with Gasteiger partial charge in [0.1, 0.15) is 0 Å². The Morgan fingerprint density at radius 1 is 1.00 bits per heavy atom. The smallest absolute Gasteiger partial charge is 0.162 e. The Balaban J connectivity index is 2.41. The van der Waals surface area contributed by atoms with Gasteiger partial charge in [-0.25, -0.2) is 0 Å². The molecule has 0 heterocycles. The highest BCUT2D eigenvalue weighted by Crippen LogP contribution is 2.41. The van der Waals surface area contributed by atoms with Crippen molar-refractivity contribution in [1.29, 1.82) is 0 Å². The van der Waals surface area contributed by atoms with Gasteiger partial charge in [-0.1, -0.05) is 57.9 Å². The Hall–Kier alpha value is -1.19. The van der Waals surface area contributed by atoms with Crippen molar-refractivity contribution in [3.05, 3.63) is 58.6 Å². The van der Waals surface area contributed by atoms with Gasteiger partial charge in [0.15, 0.2) is 11.5 Å². The minimum atomic E-state index is 0.0149. The highest BCUT2D eigenvalue weighted by molar-refractivity contribution is 9.09. The molecule has 0 aliphatic carbocycles. The van der Waals surface area contributed by atoms with Gasteiger partial charge >= 0.3 is 0 Å². The van der Waals surface area contributed by atoms with Crippen LogP contribution in [-0.4, -0.2) is 13.2 Å². The van der Waals surface area contributed by atoms with Crippen LogP contribution in [0.15, 0.2) is 42.5 Å². The summed E-state index contributed by atoms with van der Waals surface area (Å²) in [5.41, 5.74) is 2.11. The molecule has 0 radical (unpaired) electrons. The molecule has 0 fully saturated rings. The van der Waals surface area contributed by atoms with Crippen LogP contribution in [0, 0.1) is 0 Å². The maximum Gasteiger partial charge on any atom is 0.162 e. The maximum atomic E-state index is 6.42. The molecule has 1 unspecified atom stereocenters. The summed E-state index contributed by atoms with van der Waals surface area (Å²) >= 11 is 10.1. The van der Waals surface area contributed by atoms with E-state index in [4.69, 9.17) is 21.1 Å². The third-order valence-electron chi connectivity index (χ3n) is 3.03. The van der Waals surface area contributed by atoms with Crippen molar-refractivity contribution in [2.75, 3.05) is 13.2 Å². The highest BCUT2D eigenvalue weighted by Gasteiger charge is 2.18. The predicted molar refractivity (Wildman–Crippen MR) is 91.0 cm³/mol. The molecule has 21 heavy (non-hydrogen) atoms. The third kappa shape index (κ3) is 3.92. The Bertz CT molecular complexity index is 587. The van der Waals surface area contributed by atoms with Crippen LogP contribution in [0.25, 0.3) is 0 Å². The second kappa shape index (κ2) is 7.71. The van der Waals surface area contributed by atoms with Crippen LogP contribution in [0.3, 0.4) is 0 Å². The standard InChI is InChI=1S/C17H18BrClO2/c1-3-20-15-10-13(14(19)11-16(15)21-4-2)17(18)12-8-6-5-7-9-12/h5-11,17H,3-4H2,1-2H3. The van der Waals surface area contributed by atoms with E-state index in [1.54, 1.807) is 0 Å². The van der Waals surface area contributed by atoms with Gasteiger partial charge in [0.05, 0.1) is 18.0 Å². The van der Waals surface area contributed by atoms with Crippen molar-refractivity contribution in [2.45, 2.75) is 18.7 Å². The molecule has 2 aromatic carbocycles. The summed E-state index contributed by atoms with van der Waals surface area (Å²) in [6, 6.07) is 13.9. The second-order valence-electron chi connectivity index (χ2n) is 4.46. The lowest BCUT2D eigenvalue weighted by molar-refractivity contribution is 0.287. The summed E-state index contributed by atoms with van der Waals surface area (Å²) in [6.07, 6.45) is 0. The number of rotatable bonds is 6. The minimum absolute atomic E-state index is 0.0149. The van der Waals surface area contributed by atoms with E-state index in [2.05, 4.69) is 28.1 Å². The van der Waals surface area contributed by atoms with Crippen LogP contribution >= 0.6 is 27.5 Å². The van der Waals surface area contributed by atoms with Crippen LogP contribution in [0.1, 0.15) is 29.8 Å². The number of halogens is 2. The first-order valence-electron chi connectivity index (χ1n) is 6.95. The first kappa shape index (κ1) is 16.2. The van der Waals surface area contributed by atoms with Crippen molar-refractivity contribution in [3.8, 4) is 11.5 Å². The molecular formula is C17H18BrClO2. The SMILES string of the molecule is CCOc1cc(Cl)c(C(Br)c2ccccc2)cc1OCC. The zero-order valence-corrected chi connectivity index (χ0v) is 14.4. The van der Waals surface area contributed by atoms with E-state index in [9.17, 15) is 0 Å². The average Bonchev–Trinajstić information content (AvgIpc) is 2.50. The van der Waals surface area contributed by atoms with Gasteiger partial charge in [-0.15, -0.1) is 0 Å². The minimum Gasteiger partial charge on any atom is -0.490 e. The molecule has 2 rings (SSSR count). The molecule has 0 aliphatic heterocycles. The van der Waals surface area contributed by atoms with Crippen molar-refractivity contribution in [2.24, 2.45) is 0 Å². The Labute approximate surface area is 139 Å². The van der Waals surface area contributed by atoms with Gasteiger partial charge in [0.2, 0.25) is 0 Å². The Kier molecular flexibility index (Phi) is 5.95. The van der Waals surface area contributed by atoms with Crippen molar-refractivity contribution < 1.29 is 9.47 Å². The summed E-state index contributed by atoms with van der Waals surface area (Å²) in [5, 5.41) is 0.660. The molecule has 0 aromatic heterocycles. The molecule has 2 nitrogen and oxygen atoms in total. The monoisotopic (exact) mass is 368 g/mol. The van der Waals surface area contributed by atoms with Gasteiger partial charge in [-0.2, -0.15) is 0 Å². The second-order valence-corrected chi connectivity index (χ2v) is 5.78. The van der Waals surface area contributed by atoms with E-state index in [1.807, 2.05) is 44.2 Å². The molecular weight excluding hydrogens is 352 g/mol. The van der Waals surface area contributed by atoms with Gasteiger partial charge in [0.25, 0.3) is 0 Å². The van der Waals surface area contributed by atoms with E-state index in [1.165, 1.54) is 0 Å². The van der Waals surface area contributed by atoms with E-state index in [-0.39, 0.29) is 4.83 Å². The van der Waals surface area contributed by atoms with Gasteiger partial charge in [-0.3, -0.25) is 0 Å². The van der Waals surface area contributed by atoms with Crippen LogP contribution in [-0.2, 0) is 0 Å². The molecule has 4 heteroatoms. The molecule has 0 spiro atoms. The fourth-order valence-corrected chi connectivity index (χ4v) is 3.16. The predicted octanol–water partition coefficient (Wildman–Crippen LogP) is 5.62. The van der Waals surface area contributed by atoms with Gasteiger partial charge in [-0.05, 0) is 31.0 Å². The number of ether oxygens (including phenoxy) is 2. The summed E-state index contributed by atoms with van der Waals surface area (Å²) in [5.74, 6) is 1.40. The first-order valence-corrected chi connectivity index (χ1v) is 8.24. The lowest BCUT2D eigenvalue weighted by Crippen LogP contribution is -2.01. The van der Waals surface area contributed by atoms with Gasteiger partial charge < -0.3 is 9.47 Å². The average molecular weight is 370 g/mol.